The summed E-state index contributed by atoms with van der Waals surface area (Å²) in [5.74, 6) is -1.21. The van der Waals surface area contributed by atoms with Crippen LogP contribution < -0.4 is 5.32 Å². The summed E-state index contributed by atoms with van der Waals surface area (Å²) in [6.45, 7) is 2.11. The lowest BCUT2D eigenvalue weighted by Gasteiger charge is -2.31. The Morgan fingerprint density at radius 1 is 1.24 bits per heavy atom. The van der Waals surface area contributed by atoms with Gasteiger partial charge in [-0.25, -0.2) is 4.39 Å². The molecule has 1 saturated heterocycles. The van der Waals surface area contributed by atoms with E-state index in [4.69, 9.17) is 0 Å². The number of benzene rings is 1. The van der Waals surface area contributed by atoms with Crippen molar-refractivity contribution in [3.63, 3.8) is 0 Å². The Kier molecular flexibility index (Phi) is 6.43. The smallest absolute Gasteiger partial charge is 0.317 e. The number of nitrogens with one attached hydrogen (secondary N) is 1. The molecule has 0 unspecified atom stereocenters. The normalized spacial score (nSPS) is 17.6. The van der Waals surface area contributed by atoms with Crippen LogP contribution in [0.2, 0.25) is 0 Å². The average Bonchev–Trinajstić information content (AvgIpc) is 2.40. The molecule has 1 aromatic carbocycles. The first-order chi connectivity index (χ1) is 9.40. The summed E-state index contributed by atoms with van der Waals surface area (Å²) in [7, 11) is 1.91. The summed E-state index contributed by atoms with van der Waals surface area (Å²) < 4.78 is 51.1. The van der Waals surface area contributed by atoms with Crippen molar-refractivity contribution >= 4 is 12.4 Å². The van der Waals surface area contributed by atoms with Gasteiger partial charge in [-0.1, -0.05) is 6.07 Å². The molecule has 0 aliphatic carbocycles. The van der Waals surface area contributed by atoms with Gasteiger partial charge in [0.2, 0.25) is 0 Å². The highest BCUT2D eigenvalue weighted by Crippen LogP contribution is 2.32. The monoisotopic (exact) mass is 326 g/mol. The van der Waals surface area contributed by atoms with E-state index < -0.39 is 17.6 Å². The number of halogens is 5. The SMILES string of the molecule is CNC1CCN(Cc2ccc(F)c(C(F)(F)F)c2)CC1.Cl. The predicted octanol–water partition coefficient (Wildman–Crippen LogP) is 3.45. The average molecular weight is 327 g/mol. The van der Waals surface area contributed by atoms with Crippen molar-refractivity contribution in [2.24, 2.45) is 0 Å². The largest absolute Gasteiger partial charge is 0.419 e. The quantitative estimate of drug-likeness (QED) is 0.856. The minimum atomic E-state index is -4.64. The number of piperidine rings is 1. The second-order valence-electron chi connectivity index (χ2n) is 5.15. The van der Waals surface area contributed by atoms with E-state index >= 15 is 0 Å². The van der Waals surface area contributed by atoms with Gasteiger partial charge in [-0.05, 0) is 50.7 Å². The van der Waals surface area contributed by atoms with Crippen LogP contribution in [0.5, 0.6) is 0 Å². The van der Waals surface area contributed by atoms with Crippen molar-refractivity contribution < 1.29 is 17.6 Å². The Balaban J connectivity index is 0.00000220. The van der Waals surface area contributed by atoms with E-state index in [1.54, 1.807) is 0 Å². The van der Waals surface area contributed by atoms with E-state index in [2.05, 4.69) is 10.2 Å². The Morgan fingerprint density at radius 3 is 2.38 bits per heavy atom. The number of likely N-dealkylation sites (tertiary alicyclic amines) is 1. The van der Waals surface area contributed by atoms with Crippen molar-refractivity contribution in [1.29, 1.82) is 0 Å². The highest BCUT2D eigenvalue weighted by atomic mass is 35.5. The van der Waals surface area contributed by atoms with Gasteiger partial charge in [0.1, 0.15) is 5.82 Å². The van der Waals surface area contributed by atoms with Gasteiger partial charge < -0.3 is 5.32 Å². The van der Waals surface area contributed by atoms with Crippen LogP contribution in [-0.2, 0) is 12.7 Å². The Bertz CT molecular complexity index is 457. The number of hydrogen-bond donors (Lipinski definition) is 1. The fraction of sp³-hybridized carbons (Fsp3) is 0.571. The zero-order chi connectivity index (χ0) is 14.8. The summed E-state index contributed by atoms with van der Waals surface area (Å²) in [5, 5.41) is 3.20. The lowest BCUT2D eigenvalue weighted by molar-refractivity contribution is -0.140. The van der Waals surface area contributed by atoms with Gasteiger partial charge >= 0.3 is 6.18 Å². The highest BCUT2D eigenvalue weighted by Gasteiger charge is 2.34. The molecule has 0 aromatic heterocycles. The van der Waals surface area contributed by atoms with Crippen LogP contribution in [0.1, 0.15) is 24.0 Å². The van der Waals surface area contributed by atoms with Crippen LogP contribution in [0.15, 0.2) is 18.2 Å². The molecule has 0 saturated carbocycles. The molecule has 1 N–H and O–H groups in total. The first kappa shape index (κ1) is 18.2. The molecule has 0 bridgehead atoms. The van der Waals surface area contributed by atoms with Crippen LogP contribution in [0, 0.1) is 5.82 Å². The van der Waals surface area contributed by atoms with Gasteiger partial charge in [-0.15, -0.1) is 12.4 Å². The minimum Gasteiger partial charge on any atom is -0.317 e. The fourth-order valence-corrected chi connectivity index (χ4v) is 2.53. The molecule has 1 aliphatic rings. The molecule has 1 aliphatic heterocycles. The van der Waals surface area contributed by atoms with Crippen molar-refractivity contribution in [3.8, 4) is 0 Å². The third-order valence-corrected chi connectivity index (χ3v) is 3.74. The molecule has 0 spiro atoms. The third kappa shape index (κ3) is 4.83. The highest BCUT2D eigenvalue weighted by molar-refractivity contribution is 5.85. The second-order valence-corrected chi connectivity index (χ2v) is 5.15. The molecular formula is C14H19ClF4N2. The first-order valence-electron chi connectivity index (χ1n) is 6.65. The Hall–Kier alpha value is -0.850. The van der Waals surface area contributed by atoms with Gasteiger partial charge in [0.05, 0.1) is 5.56 Å². The van der Waals surface area contributed by atoms with Gasteiger partial charge in [-0.2, -0.15) is 13.2 Å². The summed E-state index contributed by atoms with van der Waals surface area (Å²) in [4.78, 5) is 2.10. The fourth-order valence-electron chi connectivity index (χ4n) is 2.53. The Labute approximate surface area is 127 Å². The molecular weight excluding hydrogens is 308 g/mol. The molecule has 1 fully saturated rings. The lowest BCUT2D eigenvalue weighted by atomic mass is 10.0. The number of rotatable bonds is 3. The third-order valence-electron chi connectivity index (χ3n) is 3.74. The van der Waals surface area contributed by atoms with Gasteiger partial charge in [-0.3, -0.25) is 4.90 Å². The van der Waals surface area contributed by atoms with Crippen LogP contribution in [0.3, 0.4) is 0 Å². The Morgan fingerprint density at radius 2 is 1.86 bits per heavy atom. The molecule has 1 heterocycles. The number of alkyl halides is 3. The molecule has 0 atom stereocenters. The number of nitrogens with zero attached hydrogens (tertiary/aromatic N) is 1. The van der Waals surface area contributed by atoms with E-state index in [-0.39, 0.29) is 12.4 Å². The maximum atomic E-state index is 13.2. The van der Waals surface area contributed by atoms with Crippen LogP contribution in [0.4, 0.5) is 17.6 Å². The van der Waals surface area contributed by atoms with Crippen molar-refractivity contribution in [3.05, 3.63) is 35.1 Å². The van der Waals surface area contributed by atoms with Crippen molar-refractivity contribution in [2.75, 3.05) is 20.1 Å². The molecule has 1 aromatic rings. The predicted molar refractivity (Wildman–Crippen MR) is 76.0 cm³/mol. The van der Waals surface area contributed by atoms with Gasteiger partial charge in [0, 0.05) is 12.6 Å². The van der Waals surface area contributed by atoms with Crippen molar-refractivity contribution in [1.82, 2.24) is 10.2 Å². The second kappa shape index (κ2) is 7.42. The molecule has 21 heavy (non-hydrogen) atoms. The summed E-state index contributed by atoms with van der Waals surface area (Å²) in [5.41, 5.74) is -0.679. The maximum Gasteiger partial charge on any atom is 0.419 e. The zero-order valence-electron chi connectivity index (χ0n) is 11.7. The van der Waals surface area contributed by atoms with Gasteiger partial charge in [0.25, 0.3) is 0 Å². The van der Waals surface area contributed by atoms with Gasteiger partial charge in [0.15, 0.2) is 0 Å². The molecule has 7 heteroatoms. The topological polar surface area (TPSA) is 15.3 Å². The van der Waals surface area contributed by atoms with E-state index in [0.29, 0.717) is 18.2 Å². The van der Waals surface area contributed by atoms with E-state index in [1.165, 1.54) is 6.07 Å². The summed E-state index contributed by atoms with van der Waals surface area (Å²) >= 11 is 0. The molecule has 2 rings (SSSR count). The zero-order valence-corrected chi connectivity index (χ0v) is 12.5. The lowest BCUT2D eigenvalue weighted by Crippen LogP contribution is -2.40. The maximum absolute atomic E-state index is 13.2. The van der Waals surface area contributed by atoms with Crippen molar-refractivity contribution in [2.45, 2.75) is 31.6 Å². The first-order valence-corrected chi connectivity index (χ1v) is 6.65. The van der Waals surface area contributed by atoms with Crippen LogP contribution >= 0.6 is 12.4 Å². The molecule has 2 nitrogen and oxygen atoms in total. The number of hydrogen-bond acceptors (Lipinski definition) is 2. The van der Waals surface area contributed by atoms with E-state index in [9.17, 15) is 17.6 Å². The molecule has 0 radical (unpaired) electrons. The molecule has 120 valence electrons. The van der Waals surface area contributed by atoms with E-state index in [0.717, 1.165) is 38.1 Å². The molecule has 0 amide bonds. The van der Waals surface area contributed by atoms with E-state index in [1.807, 2.05) is 7.05 Å². The van der Waals surface area contributed by atoms with Crippen LogP contribution in [0.25, 0.3) is 0 Å². The standard InChI is InChI=1S/C14H18F4N2.ClH/c1-19-11-4-6-20(7-5-11)9-10-2-3-13(15)12(8-10)14(16,17)18;/h2-3,8,11,19H,4-7,9H2,1H3;1H. The minimum absolute atomic E-state index is 0. The summed E-state index contributed by atoms with van der Waals surface area (Å²) in [6.07, 6.45) is -2.69. The summed E-state index contributed by atoms with van der Waals surface area (Å²) in [6, 6.07) is 3.72. The van der Waals surface area contributed by atoms with Crippen LogP contribution in [-0.4, -0.2) is 31.1 Å².